The van der Waals surface area contributed by atoms with Crippen LogP contribution >= 0.6 is 12.6 Å². The highest BCUT2D eigenvalue weighted by Gasteiger charge is 1.98. The van der Waals surface area contributed by atoms with Gasteiger partial charge in [-0.2, -0.15) is 12.6 Å². The molecule has 0 aromatic heterocycles. The van der Waals surface area contributed by atoms with Crippen molar-refractivity contribution in [3.63, 3.8) is 0 Å². The molecule has 2 N–H and O–H groups in total. The summed E-state index contributed by atoms with van der Waals surface area (Å²) in [6, 6.07) is 0. The van der Waals surface area contributed by atoms with Crippen LogP contribution < -0.4 is 0 Å². The van der Waals surface area contributed by atoms with Gasteiger partial charge in [-0.3, -0.25) is 0 Å². The van der Waals surface area contributed by atoms with E-state index in [4.69, 9.17) is 10.2 Å². The molecule has 0 amide bonds. The number of hydrogen-bond donors (Lipinski definition) is 3. The lowest BCUT2D eigenvalue weighted by Gasteiger charge is -2.05. The number of rotatable bonds is 4. The molecule has 0 aliphatic heterocycles. The van der Waals surface area contributed by atoms with Crippen molar-refractivity contribution in [2.24, 2.45) is 35.5 Å². The Hall–Kier alpha value is 0.270. The minimum Gasteiger partial charge on any atom is -0.396 e. The Morgan fingerprint density at radius 1 is 0.556 bits per heavy atom. The first kappa shape index (κ1) is 37.9. The maximum Gasteiger partial charge on any atom is 0.0535 e. The van der Waals surface area contributed by atoms with Crippen molar-refractivity contribution in [3.05, 3.63) is 0 Å². The van der Waals surface area contributed by atoms with Crippen LogP contribution in [0.5, 0.6) is 0 Å². The van der Waals surface area contributed by atoms with E-state index in [-0.39, 0.29) is 6.10 Å². The van der Waals surface area contributed by atoms with Crippen LogP contribution in [-0.2, 0) is 0 Å². The maximum absolute atomic E-state index is 8.63. The summed E-state index contributed by atoms with van der Waals surface area (Å²) in [6.45, 7) is 31.9. The average Bonchev–Trinajstić information content (AvgIpc) is 2.48. The zero-order valence-corrected chi connectivity index (χ0v) is 22.6. The van der Waals surface area contributed by atoms with E-state index in [1.54, 1.807) is 6.92 Å². The van der Waals surface area contributed by atoms with Crippen molar-refractivity contribution in [3.8, 4) is 0 Å². The second-order valence-corrected chi connectivity index (χ2v) is 10.6. The molecule has 0 saturated carbocycles. The normalized spacial score (nSPS) is 12.4. The molecule has 0 rings (SSSR count). The van der Waals surface area contributed by atoms with Gasteiger partial charge in [-0.05, 0) is 42.4 Å². The van der Waals surface area contributed by atoms with Gasteiger partial charge in [0.2, 0.25) is 0 Å². The highest BCUT2D eigenvalue weighted by molar-refractivity contribution is 7.80. The Morgan fingerprint density at radius 3 is 0.704 bits per heavy atom. The fourth-order valence-electron chi connectivity index (χ4n) is 0. The third-order valence-corrected chi connectivity index (χ3v) is 4.22. The third-order valence-electron chi connectivity index (χ3n) is 3.63. The van der Waals surface area contributed by atoms with Crippen LogP contribution in [-0.4, -0.2) is 28.2 Å². The van der Waals surface area contributed by atoms with E-state index in [1.165, 1.54) is 0 Å². The van der Waals surface area contributed by atoms with E-state index in [0.717, 1.165) is 17.8 Å². The van der Waals surface area contributed by atoms with Gasteiger partial charge in [-0.15, -0.1) is 0 Å². The van der Waals surface area contributed by atoms with Gasteiger partial charge in [0.25, 0.3) is 0 Å². The quantitative estimate of drug-likeness (QED) is 0.418. The van der Waals surface area contributed by atoms with Crippen molar-refractivity contribution in [1.29, 1.82) is 0 Å². The minimum absolute atomic E-state index is 0.148. The van der Waals surface area contributed by atoms with Gasteiger partial charge in [-0.1, -0.05) is 96.9 Å². The van der Waals surface area contributed by atoms with Crippen LogP contribution in [0.3, 0.4) is 0 Å². The molecule has 0 aromatic rings. The largest absolute Gasteiger partial charge is 0.396 e. The Balaban J connectivity index is -0.0000000753. The molecule has 3 heteroatoms. The molecule has 27 heavy (non-hydrogen) atoms. The average molecular weight is 411 g/mol. The molecule has 0 heterocycles. The molecule has 0 bridgehead atoms. The van der Waals surface area contributed by atoms with E-state index in [1.807, 2.05) is 27.7 Å². The number of thiol groups is 1. The first-order valence-electron chi connectivity index (χ1n) is 10.9. The van der Waals surface area contributed by atoms with Crippen LogP contribution in [0.2, 0.25) is 0 Å². The second-order valence-electron chi connectivity index (χ2n) is 9.77. The van der Waals surface area contributed by atoms with Crippen LogP contribution in [0.25, 0.3) is 0 Å². The Morgan fingerprint density at radius 2 is 0.704 bits per heavy atom. The zero-order chi connectivity index (χ0) is 23.3. The summed E-state index contributed by atoms with van der Waals surface area (Å²) < 4.78 is 0. The maximum atomic E-state index is 8.63. The first-order chi connectivity index (χ1) is 11.9. The SMILES string of the molecule is CC(C)C.CC(C)C(C)C.CC(C)C(C)O.CC(C)C(C)S.CC(C)CO. The number of hydrogen-bond acceptors (Lipinski definition) is 3. The van der Waals surface area contributed by atoms with E-state index < -0.39 is 0 Å². The van der Waals surface area contributed by atoms with Crippen LogP contribution in [0.1, 0.15) is 104 Å². The molecular formula is C24H58O2S. The van der Waals surface area contributed by atoms with Crippen molar-refractivity contribution in [2.75, 3.05) is 6.61 Å². The van der Waals surface area contributed by atoms with Gasteiger partial charge in [0.15, 0.2) is 0 Å². The third kappa shape index (κ3) is 76.0. The van der Waals surface area contributed by atoms with Crippen molar-refractivity contribution in [2.45, 2.75) is 115 Å². The van der Waals surface area contributed by atoms with Crippen molar-refractivity contribution in [1.82, 2.24) is 0 Å². The fourth-order valence-corrected chi connectivity index (χ4v) is 0. The molecule has 2 nitrogen and oxygen atoms in total. The van der Waals surface area contributed by atoms with Crippen LogP contribution in [0.15, 0.2) is 0 Å². The molecule has 2 unspecified atom stereocenters. The number of aliphatic hydroxyl groups is 2. The summed E-state index contributed by atoms with van der Waals surface area (Å²) in [6.07, 6.45) is -0.148. The highest BCUT2D eigenvalue weighted by atomic mass is 32.1. The smallest absolute Gasteiger partial charge is 0.0535 e. The molecule has 0 aliphatic carbocycles. The Labute approximate surface area is 180 Å². The summed E-state index contributed by atoms with van der Waals surface area (Å²) in [5.41, 5.74) is 0. The predicted molar refractivity (Wildman–Crippen MR) is 132 cm³/mol. The molecule has 0 aliphatic rings. The molecule has 0 aromatic carbocycles. The van der Waals surface area contributed by atoms with E-state index in [9.17, 15) is 0 Å². The molecule has 0 fully saturated rings. The van der Waals surface area contributed by atoms with Crippen molar-refractivity contribution >= 4 is 12.6 Å². The monoisotopic (exact) mass is 410 g/mol. The van der Waals surface area contributed by atoms with Gasteiger partial charge in [0.1, 0.15) is 0 Å². The molecule has 0 saturated heterocycles. The van der Waals surface area contributed by atoms with E-state index in [2.05, 4.69) is 81.9 Å². The molecule has 0 radical (unpaired) electrons. The van der Waals surface area contributed by atoms with Gasteiger partial charge >= 0.3 is 0 Å². The summed E-state index contributed by atoms with van der Waals surface area (Å²) in [4.78, 5) is 0. The van der Waals surface area contributed by atoms with Gasteiger partial charge < -0.3 is 10.2 Å². The lowest BCUT2D eigenvalue weighted by atomic mass is 10.0. The zero-order valence-electron chi connectivity index (χ0n) is 21.7. The summed E-state index contributed by atoms with van der Waals surface area (Å²) in [5, 5.41) is 17.3. The predicted octanol–water partition coefficient (Wildman–Crippen LogP) is 7.58. The summed E-state index contributed by atoms with van der Waals surface area (Å²) in [5.74, 6) is 4.10. The van der Waals surface area contributed by atoms with Crippen LogP contribution in [0.4, 0.5) is 0 Å². The molecule has 2 atom stereocenters. The summed E-state index contributed by atoms with van der Waals surface area (Å²) >= 11 is 4.19. The lowest BCUT2D eigenvalue weighted by Crippen LogP contribution is -2.07. The topological polar surface area (TPSA) is 40.5 Å². The Bertz CT molecular complexity index is 183. The highest BCUT2D eigenvalue weighted by Crippen LogP contribution is 2.06. The van der Waals surface area contributed by atoms with Gasteiger partial charge in [0.05, 0.1) is 6.10 Å². The molecular weight excluding hydrogens is 352 g/mol. The molecule has 172 valence electrons. The summed E-state index contributed by atoms with van der Waals surface area (Å²) in [7, 11) is 0. The van der Waals surface area contributed by atoms with E-state index >= 15 is 0 Å². The first-order valence-corrected chi connectivity index (χ1v) is 11.4. The van der Waals surface area contributed by atoms with Crippen LogP contribution in [0, 0.1) is 35.5 Å². The van der Waals surface area contributed by atoms with Gasteiger partial charge in [0, 0.05) is 11.9 Å². The fraction of sp³-hybridized carbons (Fsp3) is 1.00. The van der Waals surface area contributed by atoms with E-state index in [0.29, 0.717) is 29.6 Å². The Kier molecular flexibility index (Phi) is 36.9. The second kappa shape index (κ2) is 26.3. The van der Waals surface area contributed by atoms with Gasteiger partial charge in [-0.25, -0.2) is 0 Å². The van der Waals surface area contributed by atoms with Crippen molar-refractivity contribution < 1.29 is 10.2 Å². The molecule has 0 spiro atoms. The minimum atomic E-state index is -0.148. The lowest BCUT2D eigenvalue weighted by molar-refractivity contribution is 0.144. The number of aliphatic hydroxyl groups excluding tert-OH is 2. The standard InChI is InChI=1S/C6H14.C5H12O.C5H12S.C4H10O.C4H10/c1-5(2)6(3)4;2*1-4(2)5(3)6;1-4(2)3-5;1-4(2)3/h5-6H,1-4H3;2*4-6H,1-3H3;4-5H,3H2,1-2H3;4H,1-3H3.